The zero-order valence-corrected chi connectivity index (χ0v) is 12.3. The smallest absolute Gasteiger partial charge is 0.335 e. The fourth-order valence-electron chi connectivity index (χ4n) is 2.08. The van der Waals surface area contributed by atoms with Gasteiger partial charge in [-0.25, -0.2) is 13.6 Å². The maximum Gasteiger partial charge on any atom is 0.335 e. The van der Waals surface area contributed by atoms with Gasteiger partial charge < -0.3 is 9.84 Å². The zero-order valence-electron chi connectivity index (χ0n) is 12.3. The van der Waals surface area contributed by atoms with Gasteiger partial charge in [0.25, 0.3) is 0 Å². The maximum atomic E-state index is 13.8. The molecule has 2 aromatic carbocycles. The van der Waals surface area contributed by atoms with E-state index in [2.05, 4.69) is 0 Å². The van der Waals surface area contributed by atoms with Gasteiger partial charge in [0.1, 0.15) is 0 Å². The molecule has 0 aliphatic rings. The monoisotopic (exact) mass is 320 g/mol. The number of hydrogen-bond donors (Lipinski definition) is 1. The Bertz CT molecular complexity index is 716. The fraction of sp³-hybridized carbons (Fsp3) is 0.176. The van der Waals surface area contributed by atoms with E-state index in [0.29, 0.717) is 0 Å². The van der Waals surface area contributed by atoms with Gasteiger partial charge in [0.15, 0.2) is 23.2 Å². The quantitative estimate of drug-likeness (QED) is 0.828. The molecular weight excluding hydrogens is 306 g/mol. The molecule has 0 saturated carbocycles. The number of carbonyl (C=O) groups is 2. The SMILES string of the molecule is CCOc1c(F)cc(CC(=O)c2ccc(C(=O)O)cc2)cc1F. The molecule has 0 aliphatic heterocycles. The van der Waals surface area contributed by atoms with E-state index in [4.69, 9.17) is 9.84 Å². The van der Waals surface area contributed by atoms with Crippen molar-refractivity contribution in [1.29, 1.82) is 0 Å². The summed E-state index contributed by atoms with van der Waals surface area (Å²) in [6, 6.07) is 7.44. The summed E-state index contributed by atoms with van der Waals surface area (Å²) >= 11 is 0. The number of halogens is 2. The average Bonchev–Trinajstić information content (AvgIpc) is 2.51. The van der Waals surface area contributed by atoms with Crippen LogP contribution in [0.5, 0.6) is 5.75 Å². The van der Waals surface area contributed by atoms with Gasteiger partial charge in [-0.05, 0) is 36.8 Å². The molecule has 0 heterocycles. The molecule has 2 aromatic rings. The van der Waals surface area contributed by atoms with Crippen molar-refractivity contribution >= 4 is 11.8 Å². The Morgan fingerprint density at radius 1 is 1.04 bits per heavy atom. The number of benzene rings is 2. The Morgan fingerprint density at radius 2 is 1.57 bits per heavy atom. The molecule has 1 N–H and O–H groups in total. The minimum absolute atomic E-state index is 0.0553. The number of ketones is 1. The first-order chi connectivity index (χ1) is 10.9. The Morgan fingerprint density at radius 3 is 2.04 bits per heavy atom. The van der Waals surface area contributed by atoms with Crippen molar-refractivity contribution in [1.82, 2.24) is 0 Å². The zero-order chi connectivity index (χ0) is 17.0. The summed E-state index contributed by atoms with van der Waals surface area (Å²) in [5, 5.41) is 8.80. The van der Waals surface area contributed by atoms with Crippen molar-refractivity contribution in [3.05, 3.63) is 64.7 Å². The van der Waals surface area contributed by atoms with E-state index in [1.165, 1.54) is 24.3 Å². The second-order valence-electron chi connectivity index (χ2n) is 4.80. The van der Waals surface area contributed by atoms with Crippen LogP contribution in [0, 0.1) is 11.6 Å². The number of carboxylic acid groups (broad SMARTS) is 1. The molecule has 0 unspecified atom stereocenters. The highest BCUT2D eigenvalue weighted by Gasteiger charge is 2.15. The average molecular weight is 320 g/mol. The van der Waals surface area contributed by atoms with Crippen LogP contribution in [-0.2, 0) is 6.42 Å². The van der Waals surface area contributed by atoms with Crippen LogP contribution in [-0.4, -0.2) is 23.5 Å². The van der Waals surface area contributed by atoms with Gasteiger partial charge in [0.2, 0.25) is 0 Å². The van der Waals surface area contributed by atoms with Gasteiger partial charge in [-0.3, -0.25) is 4.79 Å². The van der Waals surface area contributed by atoms with E-state index in [1.807, 2.05) is 0 Å². The maximum absolute atomic E-state index is 13.8. The minimum atomic E-state index is -1.10. The molecule has 0 aromatic heterocycles. The summed E-state index contributed by atoms with van der Waals surface area (Å²) < 4.78 is 32.4. The highest BCUT2D eigenvalue weighted by molar-refractivity contribution is 5.98. The third kappa shape index (κ3) is 3.91. The first kappa shape index (κ1) is 16.6. The van der Waals surface area contributed by atoms with Crippen LogP contribution in [0.3, 0.4) is 0 Å². The summed E-state index contributed by atoms with van der Waals surface area (Å²) in [5.41, 5.74) is 0.500. The van der Waals surface area contributed by atoms with Gasteiger partial charge in [-0.15, -0.1) is 0 Å². The van der Waals surface area contributed by atoms with Crippen LogP contribution in [0.2, 0.25) is 0 Å². The number of carbonyl (C=O) groups excluding carboxylic acids is 1. The molecule has 0 aliphatic carbocycles. The number of aromatic carboxylic acids is 1. The third-order valence-corrected chi connectivity index (χ3v) is 3.17. The summed E-state index contributed by atoms with van der Waals surface area (Å²) in [6.07, 6.45) is -0.202. The van der Waals surface area contributed by atoms with E-state index in [9.17, 15) is 18.4 Å². The van der Waals surface area contributed by atoms with E-state index in [0.717, 1.165) is 12.1 Å². The van der Waals surface area contributed by atoms with Gasteiger partial charge >= 0.3 is 5.97 Å². The fourth-order valence-corrected chi connectivity index (χ4v) is 2.08. The van der Waals surface area contributed by atoms with E-state index in [-0.39, 0.29) is 35.5 Å². The van der Waals surface area contributed by atoms with Crippen molar-refractivity contribution in [2.45, 2.75) is 13.3 Å². The van der Waals surface area contributed by atoms with Crippen molar-refractivity contribution in [2.75, 3.05) is 6.61 Å². The standard InChI is InChI=1S/C17H14F2O4/c1-2-23-16-13(18)7-10(8-14(16)19)9-15(20)11-3-5-12(6-4-11)17(21)22/h3-8H,2,9H2,1H3,(H,21,22). The van der Waals surface area contributed by atoms with Crippen LogP contribution < -0.4 is 4.74 Å². The molecular formula is C17H14F2O4. The lowest BCUT2D eigenvalue weighted by molar-refractivity contribution is 0.0696. The Labute approximate surface area is 131 Å². The van der Waals surface area contributed by atoms with E-state index >= 15 is 0 Å². The highest BCUT2D eigenvalue weighted by Crippen LogP contribution is 2.24. The van der Waals surface area contributed by atoms with Crippen molar-refractivity contribution in [3.8, 4) is 5.75 Å². The molecule has 0 fully saturated rings. The Balaban J connectivity index is 2.18. The number of rotatable bonds is 6. The largest absolute Gasteiger partial charge is 0.488 e. The summed E-state index contributed by atoms with van der Waals surface area (Å²) in [5.74, 6) is -3.66. The predicted molar refractivity (Wildman–Crippen MR) is 79.0 cm³/mol. The first-order valence-electron chi connectivity index (χ1n) is 6.89. The van der Waals surface area contributed by atoms with Crippen molar-refractivity contribution in [3.63, 3.8) is 0 Å². The first-order valence-corrected chi connectivity index (χ1v) is 6.89. The summed E-state index contributed by atoms with van der Waals surface area (Å²) in [6.45, 7) is 1.74. The van der Waals surface area contributed by atoms with Gasteiger partial charge in [-0.1, -0.05) is 12.1 Å². The lowest BCUT2D eigenvalue weighted by Crippen LogP contribution is -2.06. The summed E-state index contributed by atoms with van der Waals surface area (Å²) in [4.78, 5) is 22.9. The van der Waals surface area contributed by atoms with Gasteiger partial charge in [0.05, 0.1) is 12.2 Å². The molecule has 4 nitrogen and oxygen atoms in total. The van der Waals surface area contributed by atoms with Gasteiger partial charge in [0, 0.05) is 12.0 Å². The Hall–Kier alpha value is -2.76. The molecule has 23 heavy (non-hydrogen) atoms. The highest BCUT2D eigenvalue weighted by atomic mass is 19.1. The molecule has 0 radical (unpaired) electrons. The van der Waals surface area contributed by atoms with Gasteiger partial charge in [-0.2, -0.15) is 0 Å². The van der Waals surface area contributed by atoms with Crippen molar-refractivity contribution < 1.29 is 28.2 Å². The van der Waals surface area contributed by atoms with Crippen LogP contribution in [0.25, 0.3) is 0 Å². The van der Waals surface area contributed by atoms with Crippen LogP contribution >= 0.6 is 0 Å². The predicted octanol–water partition coefficient (Wildman–Crippen LogP) is 3.49. The van der Waals surface area contributed by atoms with Crippen LogP contribution in [0.4, 0.5) is 8.78 Å². The number of Topliss-reactive ketones (excluding diaryl/α,β-unsaturated/α-hetero) is 1. The van der Waals surface area contributed by atoms with Crippen LogP contribution in [0.15, 0.2) is 36.4 Å². The van der Waals surface area contributed by atoms with E-state index < -0.39 is 23.4 Å². The third-order valence-electron chi connectivity index (χ3n) is 3.17. The van der Waals surface area contributed by atoms with Crippen LogP contribution in [0.1, 0.15) is 33.2 Å². The molecule has 0 bridgehead atoms. The lowest BCUT2D eigenvalue weighted by atomic mass is 10.0. The Kier molecular flexibility index (Phi) is 5.05. The van der Waals surface area contributed by atoms with E-state index in [1.54, 1.807) is 6.92 Å². The molecule has 2 rings (SSSR count). The topological polar surface area (TPSA) is 63.6 Å². The molecule has 6 heteroatoms. The molecule has 0 saturated heterocycles. The molecule has 0 amide bonds. The normalized spacial score (nSPS) is 10.4. The lowest BCUT2D eigenvalue weighted by Gasteiger charge is -2.08. The summed E-state index contributed by atoms with van der Waals surface area (Å²) in [7, 11) is 0. The van der Waals surface area contributed by atoms with Crippen molar-refractivity contribution in [2.24, 2.45) is 0 Å². The second kappa shape index (κ2) is 7.00. The second-order valence-corrected chi connectivity index (χ2v) is 4.80. The molecule has 120 valence electrons. The number of ether oxygens (including phenoxy) is 1. The number of hydrogen-bond acceptors (Lipinski definition) is 3. The molecule has 0 atom stereocenters. The number of carboxylic acids is 1. The molecule has 0 spiro atoms. The minimum Gasteiger partial charge on any atom is -0.488 e.